The molecule has 0 aliphatic carbocycles. The van der Waals surface area contributed by atoms with Gasteiger partial charge in [-0.05, 0) is 31.2 Å². The van der Waals surface area contributed by atoms with Gasteiger partial charge in [0, 0.05) is 20.8 Å². The van der Waals surface area contributed by atoms with E-state index in [0.717, 1.165) is 0 Å². The van der Waals surface area contributed by atoms with E-state index in [1.54, 1.807) is 6.92 Å². The van der Waals surface area contributed by atoms with E-state index >= 15 is 0 Å². The Hall–Kier alpha value is -1.48. The second kappa shape index (κ2) is 7.68. The minimum atomic E-state index is -3.71. The predicted octanol–water partition coefficient (Wildman–Crippen LogP) is 0.803. The number of carbonyl (C=O) groups excluding carboxylic acids is 1. The second-order valence-electron chi connectivity index (χ2n) is 4.93. The van der Waals surface area contributed by atoms with E-state index in [0.29, 0.717) is 0 Å². The van der Waals surface area contributed by atoms with Gasteiger partial charge in [-0.25, -0.2) is 17.9 Å². The lowest BCUT2D eigenvalue weighted by molar-refractivity contribution is -0.0460. The molecule has 0 unspecified atom stereocenters. The quantitative estimate of drug-likeness (QED) is 0.709. The smallest absolute Gasteiger partial charge is 0.337 e. The highest BCUT2D eigenvalue weighted by Gasteiger charge is 2.26. The Labute approximate surface area is 130 Å². The number of carbonyl (C=O) groups is 1. The fourth-order valence-electron chi connectivity index (χ4n) is 1.71. The summed E-state index contributed by atoms with van der Waals surface area (Å²) >= 11 is 0. The third-order valence-corrected chi connectivity index (χ3v) is 4.58. The van der Waals surface area contributed by atoms with E-state index in [4.69, 9.17) is 9.47 Å². The van der Waals surface area contributed by atoms with Crippen LogP contribution in [0.5, 0.6) is 0 Å². The molecule has 7 nitrogen and oxygen atoms in total. The first-order chi connectivity index (χ1) is 10.3. The highest BCUT2D eigenvalue weighted by molar-refractivity contribution is 7.89. The normalized spacial score (nSPS) is 14.4. The zero-order valence-corrected chi connectivity index (χ0v) is 13.9. The molecule has 0 spiro atoms. The van der Waals surface area contributed by atoms with E-state index in [1.807, 2.05) is 0 Å². The lowest BCUT2D eigenvalue weighted by Gasteiger charge is -2.27. The highest BCUT2D eigenvalue weighted by atomic mass is 32.2. The van der Waals surface area contributed by atoms with Crippen molar-refractivity contribution in [1.29, 1.82) is 0 Å². The standard InChI is InChI=1S/C14H21NO6S/c1-14(21-4,10-19-2)9-15-22(17,18)12-7-5-11(6-8-12)13(16)20-3/h5-8,15H,9-10H2,1-4H3/t14-/m1/s1. The van der Waals surface area contributed by atoms with Gasteiger partial charge in [0.05, 0.1) is 24.2 Å². The number of methoxy groups -OCH3 is 3. The van der Waals surface area contributed by atoms with Crippen LogP contribution in [0.15, 0.2) is 29.2 Å². The molecule has 0 radical (unpaired) electrons. The number of sulfonamides is 1. The molecule has 0 aliphatic heterocycles. The molecule has 8 heteroatoms. The molecule has 1 atom stereocenters. The molecular weight excluding hydrogens is 310 g/mol. The summed E-state index contributed by atoms with van der Waals surface area (Å²) in [5.74, 6) is -0.524. The third-order valence-electron chi connectivity index (χ3n) is 3.16. The summed E-state index contributed by atoms with van der Waals surface area (Å²) in [6.45, 7) is 2.03. The van der Waals surface area contributed by atoms with Gasteiger partial charge in [0.2, 0.25) is 10.0 Å². The largest absolute Gasteiger partial charge is 0.465 e. The van der Waals surface area contributed by atoms with Crippen molar-refractivity contribution in [2.75, 3.05) is 34.5 Å². The van der Waals surface area contributed by atoms with Gasteiger partial charge in [-0.1, -0.05) is 0 Å². The SMILES string of the molecule is COC[C@@](C)(CNS(=O)(=O)c1ccc(C(=O)OC)cc1)OC. The minimum absolute atomic E-state index is 0.0519. The average molecular weight is 331 g/mol. The van der Waals surface area contributed by atoms with Crippen molar-refractivity contribution in [2.24, 2.45) is 0 Å². The van der Waals surface area contributed by atoms with Crippen LogP contribution < -0.4 is 4.72 Å². The van der Waals surface area contributed by atoms with Crippen LogP contribution >= 0.6 is 0 Å². The summed E-state index contributed by atoms with van der Waals surface area (Å²) in [6.07, 6.45) is 0. The zero-order chi connectivity index (χ0) is 16.8. The van der Waals surface area contributed by atoms with Crippen LogP contribution in [0.25, 0.3) is 0 Å². The first-order valence-corrected chi connectivity index (χ1v) is 7.98. The average Bonchev–Trinajstić information content (AvgIpc) is 2.53. The third kappa shape index (κ3) is 4.77. The highest BCUT2D eigenvalue weighted by Crippen LogP contribution is 2.14. The number of rotatable bonds is 8. The topological polar surface area (TPSA) is 90.9 Å². The predicted molar refractivity (Wildman–Crippen MR) is 80.3 cm³/mol. The molecule has 124 valence electrons. The molecular formula is C14H21NO6S. The van der Waals surface area contributed by atoms with Gasteiger partial charge in [-0.15, -0.1) is 0 Å². The molecule has 22 heavy (non-hydrogen) atoms. The lowest BCUT2D eigenvalue weighted by atomic mass is 10.1. The molecule has 0 amide bonds. The molecule has 0 fully saturated rings. The number of benzene rings is 1. The van der Waals surface area contributed by atoms with E-state index in [2.05, 4.69) is 9.46 Å². The van der Waals surface area contributed by atoms with Gasteiger partial charge in [0.25, 0.3) is 0 Å². The lowest BCUT2D eigenvalue weighted by Crippen LogP contribution is -2.45. The van der Waals surface area contributed by atoms with Gasteiger partial charge in [0.1, 0.15) is 5.60 Å². The number of esters is 1. The summed E-state index contributed by atoms with van der Waals surface area (Å²) in [5.41, 5.74) is -0.490. The van der Waals surface area contributed by atoms with E-state index < -0.39 is 21.6 Å². The van der Waals surface area contributed by atoms with Crippen molar-refractivity contribution >= 4 is 16.0 Å². The van der Waals surface area contributed by atoms with Crippen molar-refractivity contribution in [3.05, 3.63) is 29.8 Å². The van der Waals surface area contributed by atoms with Crippen LogP contribution in [0.4, 0.5) is 0 Å². The Morgan fingerprint density at radius 3 is 2.23 bits per heavy atom. The van der Waals surface area contributed by atoms with Crippen molar-refractivity contribution in [3.8, 4) is 0 Å². The molecule has 0 saturated carbocycles. The Kier molecular flexibility index (Phi) is 6.48. The number of nitrogens with one attached hydrogen (secondary N) is 1. The van der Waals surface area contributed by atoms with Crippen LogP contribution in [0.1, 0.15) is 17.3 Å². The fourth-order valence-corrected chi connectivity index (χ4v) is 2.86. The van der Waals surface area contributed by atoms with Gasteiger partial charge in [-0.2, -0.15) is 0 Å². The Morgan fingerprint density at radius 1 is 1.18 bits per heavy atom. The molecule has 0 saturated heterocycles. The van der Waals surface area contributed by atoms with Crippen LogP contribution in [0.3, 0.4) is 0 Å². The molecule has 0 bridgehead atoms. The van der Waals surface area contributed by atoms with Crippen LogP contribution in [-0.2, 0) is 24.2 Å². The summed E-state index contributed by atoms with van der Waals surface area (Å²) in [4.78, 5) is 11.4. The minimum Gasteiger partial charge on any atom is -0.465 e. The van der Waals surface area contributed by atoms with Gasteiger partial charge < -0.3 is 14.2 Å². The van der Waals surface area contributed by atoms with Crippen molar-refractivity contribution < 1.29 is 27.4 Å². The molecule has 1 rings (SSSR count). The van der Waals surface area contributed by atoms with Gasteiger partial charge in [-0.3, -0.25) is 0 Å². The molecule has 1 aromatic carbocycles. The maximum Gasteiger partial charge on any atom is 0.337 e. The Bertz CT molecular complexity index is 598. The Morgan fingerprint density at radius 2 is 1.77 bits per heavy atom. The fraction of sp³-hybridized carbons (Fsp3) is 0.500. The summed E-state index contributed by atoms with van der Waals surface area (Å²) in [5, 5.41) is 0. The van der Waals surface area contributed by atoms with Gasteiger partial charge >= 0.3 is 5.97 Å². The van der Waals surface area contributed by atoms with Crippen LogP contribution in [-0.4, -0.2) is 54.5 Å². The van der Waals surface area contributed by atoms with Gasteiger partial charge in [0.15, 0.2) is 0 Å². The molecule has 1 N–H and O–H groups in total. The summed E-state index contributed by atoms with van der Waals surface area (Å²) in [7, 11) is 0.547. The number of hydrogen-bond donors (Lipinski definition) is 1. The zero-order valence-electron chi connectivity index (χ0n) is 13.1. The van der Waals surface area contributed by atoms with Crippen molar-refractivity contribution in [3.63, 3.8) is 0 Å². The molecule has 1 aromatic rings. The summed E-state index contributed by atoms with van der Waals surface area (Å²) in [6, 6.07) is 5.47. The van der Waals surface area contributed by atoms with Crippen LogP contribution in [0.2, 0.25) is 0 Å². The molecule has 0 heterocycles. The van der Waals surface area contributed by atoms with Crippen molar-refractivity contribution in [2.45, 2.75) is 17.4 Å². The summed E-state index contributed by atoms with van der Waals surface area (Å²) < 4.78 is 41.8. The Balaban J connectivity index is 2.84. The first kappa shape index (κ1) is 18.6. The molecule has 0 aliphatic rings. The van der Waals surface area contributed by atoms with E-state index in [1.165, 1.54) is 45.6 Å². The maximum absolute atomic E-state index is 12.2. The maximum atomic E-state index is 12.2. The van der Waals surface area contributed by atoms with Crippen molar-refractivity contribution in [1.82, 2.24) is 4.72 Å². The molecule has 0 aromatic heterocycles. The van der Waals surface area contributed by atoms with E-state index in [-0.39, 0.29) is 23.6 Å². The van der Waals surface area contributed by atoms with Crippen LogP contribution in [0, 0.1) is 0 Å². The van der Waals surface area contributed by atoms with E-state index in [9.17, 15) is 13.2 Å². The monoisotopic (exact) mass is 331 g/mol. The number of ether oxygens (including phenoxy) is 3. The number of hydrogen-bond acceptors (Lipinski definition) is 6. The first-order valence-electron chi connectivity index (χ1n) is 6.50. The second-order valence-corrected chi connectivity index (χ2v) is 6.69.